The lowest BCUT2D eigenvalue weighted by Gasteiger charge is -2.45. The number of aryl methyl sites for hydroxylation is 1. The highest BCUT2D eigenvalue weighted by Gasteiger charge is 2.52. The molecule has 190 valence electrons. The number of likely N-dealkylation sites (N-methyl/N-ethyl adjacent to an activating group) is 1. The Hall–Kier alpha value is -3.61. The first-order valence-corrected chi connectivity index (χ1v) is 13.0. The molecule has 1 aromatic heterocycles. The van der Waals surface area contributed by atoms with Gasteiger partial charge in [-0.25, -0.2) is 4.68 Å². The summed E-state index contributed by atoms with van der Waals surface area (Å²) in [5.74, 6) is -1.11. The van der Waals surface area contributed by atoms with E-state index < -0.39 is 24.0 Å². The quantitative estimate of drug-likeness (QED) is 0.381. The van der Waals surface area contributed by atoms with Crippen LogP contribution in [-0.4, -0.2) is 38.7 Å². The summed E-state index contributed by atoms with van der Waals surface area (Å²) >= 11 is 0. The summed E-state index contributed by atoms with van der Waals surface area (Å²) in [4.78, 5) is 15.6. The normalized spacial score (nSPS) is 25.5. The zero-order valence-corrected chi connectivity index (χ0v) is 21.6. The molecule has 2 unspecified atom stereocenters. The molecule has 2 heterocycles. The van der Waals surface area contributed by atoms with E-state index in [4.69, 9.17) is 0 Å². The second-order valence-corrected chi connectivity index (χ2v) is 10.8. The van der Waals surface area contributed by atoms with Gasteiger partial charge in [0, 0.05) is 46.4 Å². The third-order valence-corrected chi connectivity index (χ3v) is 8.41. The Bertz CT molecular complexity index is 1570. The van der Waals surface area contributed by atoms with E-state index in [9.17, 15) is 15.0 Å². The Labute approximate surface area is 216 Å². The fraction of sp³-hybridized carbons (Fsp3) is 0.323. The number of anilines is 1. The molecule has 3 aromatic carbocycles. The van der Waals surface area contributed by atoms with Crippen LogP contribution in [0, 0.1) is 12.8 Å². The van der Waals surface area contributed by atoms with Crippen molar-refractivity contribution in [2.45, 2.75) is 51.2 Å². The highest BCUT2D eigenvalue weighted by Crippen LogP contribution is 2.52. The molecule has 6 heteroatoms. The third-order valence-electron chi connectivity index (χ3n) is 8.41. The van der Waals surface area contributed by atoms with Crippen molar-refractivity contribution in [3.8, 4) is 5.69 Å². The van der Waals surface area contributed by atoms with Crippen LogP contribution in [0.15, 0.2) is 83.3 Å². The molecular formula is C31H33N3O3. The molecule has 3 N–H and O–H groups in total. The van der Waals surface area contributed by atoms with Gasteiger partial charge in [-0.1, -0.05) is 68.5 Å². The summed E-state index contributed by atoms with van der Waals surface area (Å²) in [6, 6.07) is 22.1. The SMILES string of the molecule is CCN1C(=CC2C(O)C(c3c(C)[nH]n(-c4ccccc4)c3=O)C2O)C(C)(C)c2c1ccc1ccccc21. The maximum Gasteiger partial charge on any atom is 0.275 e. The second-order valence-electron chi connectivity index (χ2n) is 10.8. The number of rotatable bonds is 4. The average Bonchev–Trinajstić information content (AvgIpc) is 3.32. The number of allylic oxidation sites excluding steroid dienone is 1. The Morgan fingerprint density at radius 3 is 2.35 bits per heavy atom. The van der Waals surface area contributed by atoms with Gasteiger partial charge in [-0.15, -0.1) is 0 Å². The Morgan fingerprint density at radius 1 is 0.973 bits per heavy atom. The van der Waals surface area contributed by atoms with Gasteiger partial charge < -0.3 is 15.1 Å². The summed E-state index contributed by atoms with van der Waals surface area (Å²) in [5.41, 5.74) is 4.82. The first-order chi connectivity index (χ1) is 17.8. The molecule has 37 heavy (non-hydrogen) atoms. The fourth-order valence-electron chi connectivity index (χ4n) is 6.55. The van der Waals surface area contributed by atoms with E-state index in [2.05, 4.69) is 67.2 Å². The van der Waals surface area contributed by atoms with Gasteiger partial charge >= 0.3 is 0 Å². The lowest BCUT2D eigenvalue weighted by atomic mass is 9.64. The van der Waals surface area contributed by atoms with Crippen LogP contribution in [0.5, 0.6) is 0 Å². The average molecular weight is 496 g/mol. The maximum atomic E-state index is 13.3. The number of aromatic nitrogens is 2. The van der Waals surface area contributed by atoms with Gasteiger partial charge in [0.15, 0.2) is 0 Å². The number of fused-ring (bicyclic) bond motifs is 3. The van der Waals surface area contributed by atoms with Crippen LogP contribution in [0.2, 0.25) is 0 Å². The highest BCUT2D eigenvalue weighted by molar-refractivity contribution is 5.94. The van der Waals surface area contributed by atoms with Gasteiger partial charge in [0.05, 0.1) is 17.9 Å². The van der Waals surface area contributed by atoms with Crippen molar-refractivity contribution >= 4 is 16.5 Å². The Kier molecular flexibility index (Phi) is 5.44. The van der Waals surface area contributed by atoms with Crippen molar-refractivity contribution < 1.29 is 10.2 Å². The van der Waals surface area contributed by atoms with Crippen molar-refractivity contribution in [1.82, 2.24) is 9.78 Å². The van der Waals surface area contributed by atoms with Gasteiger partial charge in [0.2, 0.25) is 0 Å². The molecule has 1 fully saturated rings. The largest absolute Gasteiger partial charge is 0.392 e. The minimum absolute atomic E-state index is 0.229. The van der Waals surface area contributed by atoms with Gasteiger partial charge in [-0.05, 0) is 48.4 Å². The van der Waals surface area contributed by atoms with Crippen LogP contribution in [0.4, 0.5) is 5.69 Å². The number of H-pyrrole nitrogens is 1. The van der Waals surface area contributed by atoms with E-state index in [0.717, 1.165) is 17.9 Å². The maximum absolute atomic E-state index is 13.3. The van der Waals surface area contributed by atoms with Crippen LogP contribution in [0.3, 0.4) is 0 Å². The summed E-state index contributed by atoms with van der Waals surface area (Å²) in [7, 11) is 0. The van der Waals surface area contributed by atoms with Crippen LogP contribution in [0.1, 0.15) is 43.5 Å². The summed E-state index contributed by atoms with van der Waals surface area (Å²) < 4.78 is 1.48. The number of aromatic amines is 1. The Balaban J connectivity index is 1.37. The van der Waals surface area contributed by atoms with Crippen molar-refractivity contribution in [2.75, 3.05) is 11.4 Å². The van der Waals surface area contributed by atoms with Gasteiger partial charge in [-0.3, -0.25) is 9.89 Å². The van der Waals surface area contributed by atoms with Crippen LogP contribution < -0.4 is 10.5 Å². The summed E-state index contributed by atoms with van der Waals surface area (Å²) in [6.45, 7) is 9.15. The number of hydrogen-bond donors (Lipinski definition) is 3. The van der Waals surface area contributed by atoms with E-state index in [-0.39, 0.29) is 11.0 Å². The predicted molar refractivity (Wildman–Crippen MR) is 147 cm³/mol. The minimum Gasteiger partial charge on any atom is -0.392 e. The van der Waals surface area contributed by atoms with Crippen LogP contribution in [0.25, 0.3) is 16.5 Å². The van der Waals surface area contributed by atoms with Crippen molar-refractivity contribution in [3.05, 3.63) is 106 Å². The van der Waals surface area contributed by atoms with Gasteiger partial charge in [-0.2, -0.15) is 0 Å². The number of nitrogens with zero attached hydrogens (tertiary/aromatic N) is 2. The lowest BCUT2D eigenvalue weighted by Crippen LogP contribution is -2.54. The zero-order chi connectivity index (χ0) is 26.1. The van der Waals surface area contributed by atoms with E-state index in [0.29, 0.717) is 11.3 Å². The molecule has 0 amide bonds. The van der Waals surface area contributed by atoms with E-state index >= 15 is 0 Å². The number of aliphatic hydroxyl groups excluding tert-OH is 2. The van der Waals surface area contributed by atoms with E-state index in [1.54, 1.807) is 0 Å². The fourth-order valence-corrected chi connectivity index (χ4v) is 6.55. The molecule has 0 radical (unpaired) electrons. The third kappa shape index (κ3) is 3.36. The summed E-state index contributed by atoms with van der Waals surface area (Å²) in [6.07, 6.45) is 0.328. The van der Waals surface area contributed by atoms with Crippen molar-refractivity contribution in [1.29, 1.82) is 0 Å². The summed E-state index contributed by atoms with van der Waals surface area (Å²) in [5, 5.41) is 28.2. The number of aliphatic hydroxyl groups is 2. The van der Waals surface area contributed by atoms with Crippen LogP contribution in [-0.2, 0) is 5.41 Å². The second kappa shape index (κ2) is 8.47. The number of hydrogen-bond acceptors (Lipinski definition) is 4. The molecule has 2 atom stereocenters. The lowest BCUT2D eigenvalue weighted by molar-refractivity contribution is -0.0952. The van der Waals surface area contributed by atoms with Crippen molar-refractivity contribution in [2.24, 2.45) is 5.92 Å². The molecule has 2 aliphatic rings. The highest BCUT2D eigenvalue weighted by atomic mass is 16.3. The molecule has 6 nitrogen and oxygen atoms in total. The molecular weight excluding hydrogens is 462 g/mol. The smallest absolute Gasteiger partial charge is 0.275 e. The van der Waals surface area contributed by atoms with Gasteiger partial charge in [0.1, 0.15) is 0 Å². The molecule has 6 rings (SSSR count). The standard InChI is InChI=1S/C31H33N3O3/c1-5-33-23-16-15-19-11-9-10-14-21(19)27(23)31(3,4)24(33)17-22-28(35)26(29(22)36)25-18(2)32-34(30(25)37)20-12-7-6-8-13-20/h6-17,22,26,28-29,32,35-36H,5H2,1-4H3. The van der Waals surface area contributed by atoms with E-state index in [1.165, 1.54) is 26.7 Å². The number of nitrogens with one attached hydrogen (secondary N) is 1. The van der Waals surface area contributed by atoms with Crippen molar-refractivity contribution in [3.63, 3.8) is 0 Å². The molecule has 1 aliphatic heterocycles. The van der Waals surface area contributed by atoms with Crippen LogP contribution >= 0.6 is 0 Å². The monoisotopic (exact) mass is 495 g/mol. The number of benzene rings is 3. The zero-order valence-electron chi connectivity index (χ0n) is 21.6. The van der Waals surface area contributed by atoms with Gasteiger partial charge in [0.25, 0.3) is 5.56 Å². The first-order valence-electron chi connectivity index (χ1n) is 13.0. The molecule has 4 aromatic rings. The molecule has 0 bridgehead atoms. The number of para-hydroxylation sites is 1. The molecule has 0 spiro atoms. The predicted octanol–water partition coefficient (Wildman–Crippen LogP) is 4.76. The Morgan fingerprint density at radius 2 is 1.65 bits per heavy atom. The first kappa shape index (κ1) is 23.8. The molecule has 0 saturated heterocycles. The topological polar surface area (TPSA) is 81.5 Å². The molecule has 1 aliphatic carbocycles. The minimum atomic E-state index is -0.858. The van der Waals surface area contributed by atoms with E-state index in [1.807, 2.05) is 43.3 Å². The molecule has 1 saturated carbocycles.